The van der Waals surface area contributed by atoms with Crippen LogP contribution in [0.5, 0.6) is 0 Å². The van der Waals surface area contributed by atoms with E-state index in [1.165, 1.54) is 0 Å². The molecule has 2 amide bonds. The molecule has 0 aromatic carbocycles. The van der Waals surface area contributed by atoms with Gasteiger partial charge in [0.1, 0.15) is 0 Å². The Labute approximate surface area is 136 Å². The largest absolute Gasteiger partial charge is 0.334 e. The summed E-state index contributed by atoms with van der Waals surface area (Å²) in [6, 6.07) is 4.09. The molecule has 0 unspecified atom stereocenters. The summed E-state index contributed by atoms with van der Waals surface area (Å²) in [6.07, 6.45) is 8.63. The number of carbonyl (C=O) groups excluding carboxylic acids is 1. The second-order valence-corrected chi connectivity index (χ2v) is 6.03. The van der Waals surface area contributed by atoms with Crippen molar-refractivity contribution in [3.63, 3.8) is 0 Å². The fourth-order valence-electron chi connectivity index (χ4n) is 3.08. The molecule has 2 aromatic heterocycles. The first kappa shape index (κ1) is 15.5. The maximum Gasteiger partial charge on any atom is 0.318 e. The first-order chi connectivity index (χ1) is 11.2. The third-order valence-electron chi connectivity index (χ3n) is 4.60. The van der Waals surface area contributed by atoms with Crippen molar-refractivity contribution in [2.24, 2.45) is 7.05 Å². The topological polar surface area (TPSA) is 63.1 Å². The number of amides is 2. The van der Waals surface area contributed by atoms with Gasteiger partial charge in [-0.25, -0.2) is 4.79 Å². The Kier molecular flexibility index (Phi) is 4.60. The van der Waals surface area contributed by atoms with Crippen LogP contribution in [0.3, 0.4) is 0 Å². The predicted molar refractivity (Wildman–Crippen MR) is 87.7 cm³/mol. The van der Waals surface area contributed by atoms with Gasteiger partial charge in [-0.3, -0.25) is 9.67 Å². The molecule has 1 aliphatic rings. The van der Waals surface area contributed by atoms with Crippen LogP contribution in [0.4, 0.5) is 4.79 Å². The number of pyridine rings is 1. The van der Waals surface area contributed by atoms with Crippen LogP contribution in [-0.2, 0) is 13.6 Å². The van der Waals surface area contributed by atoms with Crippen molar-refractivity contribution in [3.05, 3.63) is 47.5 Å². The second kappa shape index (κ2) is 6.81. The number of nitrogens with one attached hydrogen (secondary N) is 1. The van der Waals surface area contributed by atoms with Crippen molar-refractivity contribution in [1.29, 1.82) is 0 Å². The minimum atomic E-state index is -0.0122. The Balaban J connectivity index is 1.68. The Hall–Kier alpha value is -2.37. The number of likely N-dealkylation sites (tertiary alicyclic amines) is 1. The Morgan fingerprint density at radius 1 is 1.39 bits per heavy atom. The van der Waals surface area contributed by atoms with Crippen molar-refractivity contribution in [1.82, 2.24) is 25.0 Å². The van der Waals surface area contributed by atoms with Gasteiger partial charge in [0.2, 0.25) is 0 Å². The normalized spacial score (nSPS) is 18.0. The van der Waals surface area contributed by atoms with Gasteiger partial charge in [0.15, 0.2) is 0 Å². The number of hydrogen-bond acceptors (Lipinski definition) is 3. The van der Waals surface area contributed by atoms with Gasteiger partial charge in [0, 0.05) is 43.8 Å². The molecule has 6 nitrogen and oxygen atoms in total. The van der Waals surface area contributed by atoms with Crippen LogP contribution in [0, 0.1) is 6.92 Å². The smallest absolute Gasteiger partial charge is 0.318 e. The van der Waals surface area contributed by atoms with E-state index in [-0.39, 0.29) is 12.1 Å². The van der Waals surface area contributed by atoms with Crippen molar-refractivity contribution >= 4 is 6.03 Å². The highest BCUT2D eigenvalue weighted by molar-refractivity contribution is 5.75. The van der Waals surface area contributed by atoms with E-state index in [0.717, 1.165) is 42.6 Å². The van der Waals surface area contributed by atoms with Crippen LogP contribution < -0.4 is 5.32 Å². The molecule has 1 atom stereocenters. The average molecular weight is 313 g/mol. The van der Waals surface area contributed by atoms with E-state index in [9.17, 15) is 4.79 Å². The van der Waals surface area contributed by atoms with E-state index in [2.05, 4.69) is 21.5 Å². The van der Waals surface area contributed by atoms with Gasteiger partial charge >= 0.3 is 6.03 Å². The van der Waals surface area contributed by atoms with Crippen molar-refractivity contribution in [2.75, 3.05) is 6.54 Å². The molecule has 2 aromatic rings. The first-order valence-corrected chi connectivity index (χ1v) is 8.08. The molecule has 0 radical (unpaired) electrons. The van der Waals surface area contributed by atoms with Crippen LogP contribution in [-0.4, -0.2) is 32.2 Å². The lowest BCUT2D eigenvalue weighted by Gasteiger charge is -2.35. The van der Waals surface area contributed by atoms with Gasteiger partial charge in [-0.05, 0) is 37.8 Å². The molecule has 1 saturated heterocycles. The van der Waals surface area contributed by atoms with Crippen LogP contribution in [0.15, 0.2) is 30.7 Å². The summed E-state index contributed by atoms with van der Waals surface area (Å²) < 4.78 is 1.82. The Bertz CT molecular complexity index is 667. The lowest BCUT2D eigenvalue weighted by Crippen LogP contribution is -2.44. The minimum Gasteiger partial charge on any atom is -0.334 e. The van der Waals surface area contributed by atoms with E-state index in [4.69, 9.17) is 0 Å². The molecular weight excluding hydrogens is 290 g/mol. The molecule has 23 heavy (non-hydrogen) atoms. The molecule has 1 N–H and O–H groups in total. The van der Waals surface area contributed by atoms with Crippen LogP contribution in [0.25, 0.3) is 0 Å². The number of piperidine rings is 1. The molecular formula is C17H23N5O. The monoisotopic (exact) mass is 313 g/mol. The molecule has 0 aliphatic carbocycles. The number of aryl methyl sites for hydroxylation is 1. The van der Waals surface area contributed by atoms with Crippen molar-refractivity contribution in [2.45, 2.75) is 38.8 Å². The van der Waals surface area contributed by atoms with Gasteiger partial charge in [-0.2, -0.15) is 5.10 Å². The molecule has 1 aliphatic heterocycles. The third-order valence-corrected chi connectivity index (χ3v) is 4.60. The van der Waals surface area contributed by atoms with E-state index in [0.29, 0.717) is 6.54 Å². The zero-order chi connectivity index (χ0) is 16.2. The maximum atomic E-state index is 12.6. The third kappa shape index (κ3) is 3.36. The molecule has 122 valence electrons. The Morgan fingerprint density at radius 2 is 2.26 bits per heavy atom. The standard InChI is InChI=1S/C17H23N5O/c1-13-15(12-20-21(13)2)11-19-17(23)22-9-4-3-7-16(22)14-6-5-8-18-10-14/h5-6,8,10,12,16H,3-4,7,9,11H2,1-2H3,(H,19,23)/t16-/m1/s1. The molecule has 3 rings (SSSR count). The quantitative estimate of drug-likeness (QED) is 0.947. The first-order valence-electron chi connectivity index (χ1n) is 8.08. The number of carbonyl (C=O) groups is 1. The van der Waals surface area contributed by atoms with E-state index < -0.39 is 0 Å². The van der Waals surface area contributed by atoms with Crippen LogP contribution in [0.2, 0.25) is 0 Å². The van der Waals surface area contributed by atoms with Gasteiger partial charge in [0.05, 0.1) is 12.2 Å². The zero-order valence-electron chi connectivity index (χ0n) is 13.7. The molecule has 6 heteroatoms. The van der Waals surface area contributed by atoms with Gasteiger partial charge in [0.25, 0.3) is 0 Å². The summed E-state index contributed by atoms with van der Waals surface area (Å²) in [6.45, 7) is 3.31. The lowest BCUT2D eigenvalue weighted by atomic mass is 9.97. The van der Waals surface area contributed by atoms with E-state index >= 15 is 0 Å². The molecule has 1 fully saturated rings. The van der Waals surface area contributed by atoms with E-state index in [1.54, 1.807) is 6.20 Å². The highest BCUT2D eigenvalue weighted by Crippen LogP contribution is 2.30. The van der Waals surface area contributed by atoms with Crippen molar-refractivity contribution < 1.29 is 4.79 Å². The summed E-state index contributed by atoms with van der Waals surface area (Å²) in [5.74, 6) is 0. The molecule has 3 heterocycles. The summed E-state index contributed by atoms with van der Waals surface area (Å²) in [7, 11) is 1.91. The number of aromatic nitrogens is 3. The van der Waals surface area contributed by atoms with Crippen LogP contribution in [0.1, 0.15) is 42.1 Å². The summed E-state index contributed by atoms with van der Waals surface area (Å²) in [4.78, 5) is 18.8. The average Bonchev–Trinajstić information content (AvgIpc) is 2.92. The highest BCUT2D eigenvalue weighted by atomic mass is 16.2. The number of urea groups is 1. The predicted octanol–water partition coefficient (Wildman–Crippen LogP) is 2.56. The lowest BCUT2D eigenvalue weighted by molar-refractivity contribution is 0.151. The summed E-state index contributed by atoms with van der Waals surface area (Å²) >= 11 is 0. The summed E-state index contributed by atoms with van der Waals surface area (Å²) in [5, 5.41) is 7.25. The highest BCUT2D eigenvalue weighted by Gasteiger charge is 2.28. The molecule has 0 bridgehead atoms. The van der Waals surface area contributed by atoms with Gasteiger partial charge < -0.3 is 10.2 Å². The number of hydrogen-bond donors (Lipinski definition) is 1. The Morgan fingerprint density at radius 3 is 2.96 bits per heavy atom. The van der Waals surface area contributed by atoms with Gasteiger partial charge in [-0.1, -0.05) is 6.07 Å². The maximum absolute atomic E-state index is 12.6. The van der Waals surface area contributed by atoms with Crippen LogP contribution >= 0.6 is 0 Å². The fraction of sp³-hybridized carbons (Fsp3) is 0.471. The molecule has 0 spiro atoms. The number of nitrogens with zero attached hydrogens (tertiary/aromatic N) is 4. The molecule has 0 saturated carbocycles. The van der Waals surface area contributed by atoms with Crippen molar-refractivity contribution in [3.8, 4) is 0 Å². The zero-order valence-corrected chi connectivity index (χ0v) is 13.7. The summed E-state index contributed by atoms with van der Waals surface area (Å²) in [5.41, 5.74) is 3.24. The SMILES string of the molecule is Cc1c(CNC(=O)N2CCCC[C@@H]2c2cccnc2)cnn1C. The minimum absolute atomic E-state index is 0.0122. The second-order valence-electron chi connectivity index (χ2n) is 6.03. The fourth-order valence-corrected chi connectivity index (χ4v) is 3.08. The van der Waals surface area contributed by atoms with E-state index in [1.807, 2.05) is 42.0 Å². The van der Waals surface area contributed by atoms with Gasteiger partial charge in [-0.15, -0.1) is 0 Å². The number of rotatable bonds is 3.